The zero-order valence-corrected chi connectivity index (χ0v) is 11.3. The molecule has 0 heterocycles. The van der Waals surface area contributed by atoms with Crippen molar-refractivity contribution in [2.45, 2.75) is 62.7 Å². The summed E-state index contributed by atoms with van der Waals surface area (Å²) in [6.45, 7) is 0. The Balaban J connectivity index is 1.77. The Morgan fingerprint density at radius 2 is 2.12 bits per heavy atom. The number of nitrogens with one attached hydrogen (secondary N) is 1. The number of allylic oxidation sites excluding steroid dienone is 1. The highest BCUT2D eigenvalue weighted by molar-refractivity contribution is 7.99. The maximum Gasteiger partial charge on any atom is 0.0368 e. The highest BCUT2D eigenvalue weighted by Gasteiger charge is 2.19. The fourth-order valence-corrected chi connectivity index (χ4v) is 4.35. The topological polar surface area (TPSA) is 12.0 Å². The van der Waals surface area contributed by atoms with Crippen LogP contribution in [0.25, 0.3) is 0 Å². The third-order valence-electron chi connectivity index (χ3n) is 3.92. The molecule has 1 fully saturated rings. The zero-order valence-electron chi connectivity index (χ0n) is 10.5. The number of likely N-dealkylation sites (N-methyl/N-ethyl adjacent to an activating group) is 1. The molecule has 2 rings (SSSR count). The smallest absolute Gasteiger partial charge is 0.0368 e. The Morgan fingerprint density at radius 3 is 2.75 bits per heavy atom. The minimum absolute atomic E-state index is 0.644. The van der Waals surface area contributed by atoms with E-state index in [0.29, 0.717) is 6.04 Å². The molecule has 2 heteroatoms. The Morgan fingerprint density at radius 1 is 1.31 bits per heavy atom. The molecule has 92 valence electrons. The third-order valence-corrected chi connectivity index (χ3v) is 5.39. The van der Waals surface area contributed by atoms with Crippen molar-refractivity contribution in [2.75, 3.05) is 12.8 Å². The van der Waals surface area contributed by atoms with Crippen molar-refractivity contribution in [1.82, 2.24) is 5.32 Å². The molecule has 0 saturated heterocycles. The lowest BCUT2D eigenvalue weighted by Gasteiger charge is -2.23. The van der Waals surface area contributed by atoms with Gasteiger partial charge in [-0.1, -0.05) is 24.5 Å². The molecule has 1 unspecified atom stereocenters. The van der Waals surface area contributed by atoms with Gasteiger partial charge in [-0.2, -0.15) is 11.8 Å². The maximum atomic E-state index is 3.51. The molecule has 0 aromatic carbocycles. The molecule has 1 N–H and O–H groups in total. The highest BCUT2D eigenvalue weighted by Crippen LogP contribution is 2.31. The van der Waals surface area contributed by atoms with Crippen molar-refractivity contribution in [3.63, 3.8) is 0 Å². The second-order valence-corrected chi connectivity index (χ2v) is 6.44. The van der Waals surface area contributed by atoms with E-state index < -0.39 is 0 Å². The SMILES string of the molecule is CNC(CSC1CCCC1)C1=CCCCC1. The lowest BCUT2D eigenvalue weighted by molar-refractivity contribution is 0.607. The molecule has 0 spiro atoms. The quantitative estimate of drug-likeness (QED) is 0.733. The van der Waals surface area contributed by atoms with E-state index in [2.05, 4.69) is 30.2 Å². The minimum atomic E-state index is 0.644. The summed E-state index contributed by atoms with van der Waals surface area (Å²) in [5.41, 5.74) is 1.68. The first kappa shape index (κ1) is 12.5. The van der Waals surface area contributed by atoms with E-state index in [1.54, 1.807) is 5.57 Å². The number of rotatable bonds is 5. The molecule has 0 aromatic heterocycles. The Labute approximate surface area is 104 Å². The maximum absolute atomic E-state index is 3.51. The summed E-state index contributed by atoms with van der Waals surface area (Å²) < 4.78 is 0. The summed E-state index contributed by atoms with van der Waals surface area (Å²) in [6, 6.07) is 0.644. The summed E-state index contributed by atoms with van der Waals surface area (Å²) in [4.78, 5) is 0. The van der Waals surface area contributed by atoms with E-state index >= 15 is 0 Å². The number of hydrogen-bond acceptors (Lipinski definition) is 2. The molecule has 0 amide bonds. The average molecular weight is 239 g/mol. The molecule has 0 bridgehead atoms. The monoisotopic (exact) mass is 239 g/mol. The summed E-state index contributed by atoms with van der Waals surface area (Å²) in [5, 5.41) is 4.46. The first-order valence-corrected chi connectivity index (χ1v) is 7.93. The van der Waals surface area contributed by atoms with Crippen LogP contribution >= 0.6 is 11.8 Å². The normalized spacial score (nSPS) is 24.4. The first-order valence-electron chi connectivity index (χ1n) is 6.88. The van der Waals surface area contributed by atoms with E-state index in [0.717, 1.165) is 5.25 Å². The van der Waals surface area contributed by atoms with Crippen LogP contribution in [-0.2, 0) is 0 Å². The van der Waals surface area contributed by atoms with Crippen LogP contribution in [0.1, 0.15) is 51.4 Å². The molecule has 0 radical (unpaired) electrons. The van der Waals surface area contributed by atoms with Crippen molar-refractivity contribution in [3.8, 4) is 0 Å². The molecular formula is C14H25NS. The molecule has 1 saturated carbocycles. The van der Waals surface area contributed by atoms with Gasteiger partial charge in [-0.25, -0.2) is 0 Å². The van der Waals surface area contributed by atoms with Crippen molar-refractivity contribution in [2.24, 2.45) is 0 Å². The second-order valence-electron chi connectivity index (χ2n) is 5.11. The van der Waals surface area contributed by atoms with E-state index in [1.807, 2.05) is 0 Å². The molecule has 1 atom stereocenters. The van der Waals surface area contributed by atoms with Crippen molar-refractivity contribution >= 4 is 11.8 Å². The van der Waals surface area contributed by atoms with Gasteiger partial charge in [-0.05, 0) is 45.6 Å². The van der Waals surface area contributed by atoms with Gasteiger partial charge < -0.3 is 5.32 Å². The number of thioether (sulfide) groups is 1. The molecule has 0 aromatic rings. The highest BCUT2D eigenvalue weighted by atomic mass is 32.2. The fourth-order valence-electron chi connectivity index (χ4n) is 2.84. The van der Waals surface area contributed by atoms with Crippen LogP contribution in [0.4, 0.5) is 0 Å². The van der Waals surface area contributed by atoms with Gasteiger partial charge in [0.1, 0.15) is 0 Å². The molecule has 16 heavy (non-hydrogen) atoms. The standard InChI is InChI=1S/C14H25NS/c1-15-14(12-7-3-2-4-8-12)11-16-13-9-5-6-10-13/h7,13-15H,2-6,8-11H2,1H3. The van der Waals surface area contributed by atoms with E-state index in [4.69, 9.17) is 0 Å². The van der Waals surface area contributed by atoms with Crippen LogP contribution in [-0.4, -0.2) is 24.1 Å². The van der Waals surface area contributed by atoms with Crippen LogP contribution in [0.2, 0.25) is 0 Å². The van der Waals surface area contributed by atoms with Gasteiger partial charge in [0.15, 0.2) is 0 Å². The van der Waals surface area contributed by atoms with Crippen LogP contribution in [0, 0.1) is 0 Å². The van der Waals surface area contributed by atoms with Crippen molar-refractivity contribution in [3.05, 3.63) is 11.6 Å². The average Bonchev–Trinajstić information content (AvgIpc) is 2.84. The van der Waals surface area contributed by atoms with Crippen LogP contribution in [0.5, 0.6) is 0 Å². The Bertz CT molecular complexity index is 231. The summed E-state index contributed by atoms with van der Waals surface area (Å²) in [7, 11) is 2.12. The fraction of sp³-hybridized carbons (Fsp3) is 0.857. The first-order chi connectivity index (χ1) is 7.90. The lowest BCUT2D eigenvalue weighted by Crippen LogP contribution is -2.31. The van der Waals surface area contributed by atoms with Gasteiger partial charge in [0.05, 0.1) is 0 Å². The number of hydrogen-bond donors (Lipinski definition) is 1. The summed E-state index contributed by atoms with van der Waals surface area (Å²) >= 11 is 2.21. The molecule has 2 aliphatic carbocycles. The van der Waals surface area contributed by atoms with Crippen LogP contribution in [0.3, 0.4) is 0 Å². The molecule has 2 aliphatic rings. The minimum Gasteiger partial charge on any atom is -0.313 e. The molecule has 1 nitrogen and oxygen atoms in total. The lowest BCUT2D eigenvalue weighted by atomic mass is 9.95. The van der Waals surface area contributed by atoms with Crippen molar-refractivity contribution < 1.29 is 0 Å². The van der Waals surface area contributed by atoms with E-state index in [1.165, 1.54) is 57.1 Å². The summed E-state index contributed by atoms with van der Waals surface area (Å²) in [6.07, 6.45) is 13.8. The van der Waals surface area contributed by atoms with Gasteiger partial charge in [0, 0.05) is 17.0 Å². The van der Waals surface area contributed by atoms with Gasteiger partial charge in [0.2, 0.25) is 0 Å². The Hall–Kier alpha value is 0.0500. The van der Waals surface area contributed by atoms with Crippen LogP contribution in [0.15, 0.2) is 11.6 Å². The van der Waals surface area contributed by atoms with E-state index in [9.17, 15) is 0 Å². The van der Waals surface area contributed by atoms with Crippen molar-refractivity contribution in [1.29, 1.82) is 0 Å². The zero-order chi connectivity index (χ0) is 11.2. The predicted molar refractivity (Wildman–Crippen MR) is 74.1 cm³/mol. The Kier molecular flexibility index (Phi) is 5.24. The van der Waals surface area contributed by atoms with Gasteiger partial charge in [-0.3, -0.25) is 0 Å². The van der Waals surface area contributed by atoms with E-state index in [-0.39, 0.29) is 0 Å². The van der Waals surface area contributed by atoms with Gasteiger partial charge >= 0.3 is 0 Å². The summed E-state index contributed by atoms with van der Waals surface area (Å²) in [5.74, 6) is 1.28. The van der Waals surface area contributed by atoms with Gasteiger partial charge in [0.25, 0.3) is 0 Å². The molecular weight excluding hydrogens is 214 g/mol. The largest absolute Gasteiger partial charge is 0.313 e. The van der Waals surface area contributed by atoms with Gasteiger partial charge in [-0.15, -0.1) is 0 Å². The van der Waals surface area contributed by atoms with Crippen LogP contribution < -0.4 is 5.32 Å². The third kappa shape index (κ3) is 3.53. The molecule has 0 aliphatic heterocycles. The second kappa shape index (κ2) is 6.70. The predicted octanol–water partition coefficient (Wildman–Crippen LogP) is 3.75.